The number of halogens is 1. The Labute approximate surface area is 119 Å². The summed E-state index contributed by atoms with van der Waals surface area (Å²) in [6, 6.07) is 3.92. The van der Waals surface area contributed by atoms with Gasteiger partial charge in [0.1, 0.15) is 0 Å². The van der Waals surface area contributed by atoms with Gasteiger partial charge in [0.15, 0.2) is 0 Å². The molecule has 0 aliphatic rings. The molecule has 0 saturated heterocycles. The van der Waals surface area contributed by atoms with E-state index in [9.17, 15) is 9.59 Å². The van der Waals surface area contributed by atoms with Crippen molar-refractivity contribution in [2.24, 2.45) is 0 Å². The van der Waals surface area contributed by atoms with Crippen LogP contribution in [0.2, 0.25) is 0 Å². The van der Waals surface area contributed by atoms with E-state index in [4.69, 9.17) is 11.5 Å². The zero-order chi connectivity index (χ0) is 14.6. The van der Waals surface area contributed by atoms with E-state index in [1.807, 2.05) is 0 Å². The third-order valence-electron chi connectivity index (χ3n) is 2.25. The molecule has 0 heterocycles. The number of terminal acetylenes is 1. The summed E-state index contributed by atoms with van der Waals surface area (Å²) in [5, 5.41) is 14.0. The Morgan fingerprint density at radius 3 is 2.58 bits per heavy atom. The predicted molar refractivity (Wildman–Crippen MR) is 76.2 cm³/mol. The van der Waals surface area contributed by atoms with E-state index in [2.05, 4.69) is 32.5 Å². The molecule has 0 radical (unpaired) electrons. The van der Waals surface area contributed by atoms with Gasteiger partial charge in [0, 0.05) is 4.47 Å². The quantitative estimate of drug-likeness (QED) is 0.748. The molecule has 19 heavy (non-hydrogen) atoms. The average molecular weight is 325 g/mol. The van der Waals surface area contributed by atoms with E-state index in [0.717, 1.165) is 0 Å². The minimum absolute atomic E-state index is 0.00290. The maximum Gasteiger partial charge on any atom is 0.337 e. The number of carboxylic acid groups (broad SMARTS) is 1. The van der Waals surface area contributed by atoms with Gasteiger partial charge in [-0.1, -0.05) is 21.9 Å². The largest absolute Gasteiger partial charge is 0.478 e. The Hall–Kier alpha value is -2.00. The Kier molecular flexibility index (Phi) is 4.57. The van der Waals surface area contributed by atoms with Crippen molar-refractivity contribution in [3.8, 4) is 12.3 Å². The first-order valence-electron chi connectivity index (χ1n) is 5.35. The monoisotopic (exact) mass is 324 g/mol. The molecule has 100 valence electrons. The number of hydrogen-bond donors (Lipinski definition) is 3. The SMILES string of the molecule is C#CC(C)(C)NC(=O)Nc1cc(Br)ccc1C(=O)O. The predicted octanol–water partition coefficient (Wildman–Crippen LogP) is 2.68. The van der Waals surface area contributed by atoms with Gasteiger partial charge in [-0.2, -0.15) is 0 Å². The summed E-state index contributed by atoms with van der Waals surface area (Å²) in [7, 11) is 0. The highest BCUT2D eigenvalue weighted by atomic mass is 79.9. The van der Waals surface area contributed by atoms with E-state index in [-0.39, 0.29) is 11.3 Å². The molecule has 0 aliphatic carbocycles. The first-order chi connectivity index (χ1) is 8.75. The van der Waals surface area contributed by atoms with Crippen molar-refractivity contribution in [1.82, 2.24) is 5.32 Å². The van der Waals surface area contributed by atoms with E-state index in [0.29, 0.717) is 4.47 Å². The molecule has 0 fully saturated rings. The zero-order valence-electron chi connectivity index (χ0n) is 10.5. The zero-order valence-corrected chi connectivity index (χ0v) is 12.0. The van der Waals surface area contributed by atoms with Crippen LogP contribution in [0, 0.1) is 12.3 Å². The Morgan fingerprint density at radius 1 is 1.42 bits per heavy atom. The second-order valence-electron chi connectivity index (χ2n) is 4.34. The number of benzene rings is 1. The standard InChI is InChI=1S/C13H13BrN2O3/c1-4-13(2,3)16-12(19)15-10-7-8(14)5-6-9(10)11(17)18/h1,5-7H,2-3H3,(H,17,18)(H2,15,16,19). The summed E-state index contributed by atoms with van der Waals surface area (Å²) in [4.78, 5) is 22.8. The van der Waals surface area contributed by atoms with Crippen molar-refractivity contribution in [2.45, 2.75) is 19.4 Å². The minimum Gasteiger partial charge on any atom is -0.478 e. The van der Waals surface area contributed by atoms with E-state index in [1.54, 1.807) is 19.9 Å². The maximum atomic E-state index is 11.7. The fourth-order valence-electron chi connectivity index (χ4n) is 1.28. The molecule has 0 spiro atoms. The number of amides is 2. The van der Waals surface area contributed by atoms with Crippen molar-refractivity contribution in [2.75, 3.05) is 5.32 Å². The van der Waals surface area contributed by atoms with Crippen molar-refractivity contribution < 1.29 is 14.7 Å². The summed E-state index contributed by atoms with van der Waals surface area (Å²) in [5.74, 6) is 1.28. The third kappa shape index (κ3) is 4.30. The summed E-state index contributed by atoms with van der Waals surface area (Å²) >= 11 is 3.21. The van der Waals surface area contributed by atoms with Gasteiger partial charge in [0.05, 0.1) is 16.8 Å². The molecule has 5 nitrogen and oxygen atoms in total. The number of aromatic carboxylic acids is 1. The second kappa shape index (κ2) is 5.76. The van der Waals surface area contributed by atoms with Gasteiger partial charge in [0.2, 0.25) is 0 Å². The van der Waals surface area contributed by atoms with Gasteiger partial charge in [0.25, 0.3) is 0 Å². The topological polar surface area (TPSA) is 78.4 Å². The van der Waals surface area contributed by atoms with Gasteiger partial charge in [-0.3, -0.25) is 0 Å². The van der Waals surface area contributed by atoms with Gasteiger partial charge in [-0.25, -0.2) is 9.59 Å². The molecule has 0 bridgehead atoms. The lowest BCUT2D eigenvalue weighted by Gasteiger charge is -2.20. The fourth-order valence-corrected chi connectivity index (χ4v) is 1.64. The smallest absolute Gasteiger partial charge is 0.337 e. The highest BCUT2D eigenvalue weighted by molar-refractivity contribution is 9.10. The highest BCUT2D eigenvalue weighted by Crippen LogP contribution is 2.21. The summed E-state index contributed by atoms with van der Waals surface area (Å²) < 4.78 is 0.656. The van der Waals surface area contributed by atoms with Crippen LogP contribution in [0.15, 0.2) is 22.7 Å². The first kappa shape index (κ1) is 15.1. The van der Waals surface area contributed by atoms with Crippen LogP contribution in [0.25, 0.3) is 0 Å². The van der Waals surface area contributed by atoms with E-state index < -0.39 is 17.5 Å². The molecular formula is C13H13BrN2O3. The van der Waals surface area contributed by atoms with Crippen LogP contribution in [-0.4, -0.2) is 22.6 Å². The van der Waals surface area contributed by atoms with Gasteiger partial charge >= 0.3 is 12.0 Å². The van der Waals surface area contributed by atoms with Crippen LogP contribution in [-0.2, 0) is 0 Å². The van der Waals surface area contributed by atoms with E-state index >= 15 is 0 Å². The minimum atomic E-state index is -1.13. The highest BCUT2D eigenvalue weighted by Gasteiger charge is 2.18. The number of urea groups is 1. The van der Waals surface area contributed by atoms with Gasteiger partial charge in [-0.15, -0.1) is 6.42 Å². The first-order valence-corrected chi connectivity index (χ1v) is 6.14. The van der Waals surface area contributed by atoms with Crippen LogP contribution < -0.4 is 10.6 Å². The summed E-state index contributed by atoms with van der Waals surface area (Å²) in [5.41, 5.74) is -0.636. The number of anilines is 1. The molecule has 6 heteroatoms. The van der Waals surface area contributed by atoms with Crippen LogP contribution in [0.3, 0.4) is 0 Å². The number of carbonyl (C=O) groups is 2. The molecule has 1 aromatic carbocycles. The Morgan fingerprint density at radius 2 is 2.05 bits per heavy atom. The van der Waals surface area contributed by atoms with Crippen LogP contribution in [0.4, 0.5) is 10.5 Å². The van der Waals surface area contributed by atoms with Crippen molar-refractivity contribution in [3.05, 3.63) is 28.2 Å². The number of rotatable bonds is 3. The third-order valence-corrected chi connectivity index (χ3v) is 2.74. The van der Waals surface area contributed by atoms with Gasteiger partial charge in [-0.05, 0) is 32.0 Å². The maximum absolute atomic E-state index is 11.7. The Balaban J connectivity index is 2.94. The lowest BCUT2D eigenvalue weighted by molar-refractivity contribution is 0.0698. The molecule has 0 aromatic heterocycles. The normalized spacial score (nSPS) is 10.4. The molecule has 1 aromatic rings. The summed E-state index contributed by atoms with van der Waals surface area (Å²) in [6.07, 6.45) is 5.26. The molecule has 1 rings (SSSR count). The molecular weight excluding hydrogens is 312 g/mol. The number of nitrogens with one attached hydrogen (secondary N) is 2. The lowest BCUT2D eigenvalue weighted by Crippen LogP contribution is -2.44. The second-order valence-corrected chi connectivity index (χ2v) is 5.26. The molecule has 0 unspecified atom stereocenters. The summed E-state index contributed by atoms with van der Waals surface area (Å²) in [6.45, 7) is 3.32. The number of hydrogen-bond acceptors (Lipinski definition) is 2. The number of carbonyl (C=O) groups excluding carboxylic acids is 1. The molecule has 3 N–H and O–H groups in total. The lowest BCUT2D eigenvalue weighted by atomic mass is 10.1. The van der Waals surface area contributed by atoms with Crippen molar-refractivity contribution >= 4 is 33.6 Å². The average Bonchev–Trinajstić information content (AvgIpc) is 2.27. The molecule has 0 aliphatic heterocycles. The van der Waals surface area contributed by atoms with E-state index in [1.165, 1.54) is 12.1 Å². The number of carboxylic acids is 1. The fraction of sp³-hybridized carbons (Fsp3) is 0.231. The van der Waals surface area contributed by atoms with Crippen molar-refractivity contribution in [3.63, 3.8) is 0 Å². The molecule has 2 amide bonds. The Bertz CT molecular complexity index is 561. The van der Waals surface area contributed by atoms with Crippen LogP contribution in [0.5, 0.6) is 0 Å². The van der Waals surface area contributed by atoms with Gasteiger partial charge < -0.3 is 15.7 Å². The molecule has 0 atom stereocenters. The molecule has 0 saturated carbocycles. The van der Waals surface area contributed by atoms with Crippen molar-refractivity contribution in [1.29, 1.82) is 0 Å². The van der Waals surface area contributed by atoms with Crippen LogP contribution >= 0.6 is 15.9 Å². The van der Waals surface area contributed by atoms with Crippen LogP contribution in [0.1, 0.15) is 24.2 Å².